The number of para-hydroxylation sites is 1. The van der Waals surface area contributed by atoms with Crippen LogP contribution in [-0.2, 0) is 0 Å². The van der Waals surface area contributed by atoms with E-state index in [0.29, 0.717) is 5.69 Å². The topological polar surface area (TPSA) is 30.9 Å². The zero-order valence-corrected chi connectivity index (χ0v) is 12.3. The predicted octanol–water partition coefficient (Wildman–Crippen LogP) is 1.93. The van der Waals surface area contributed by atoms with Gasteiger partial charge < -0.3 is 15.1 Å². The molecule has 1 N–H and O–H groups in total. The Kier molecular flexibility index (Phi) is 5.21. The highest BCUT2D eigenvalue weighted by molar-refractivity contribution is 5.80. The molecule has 4 nitrogen and oxygen atoms in total. The molecule has 1 aromatic carbocycles. The number of benzene rings is 1. The van der Waals surface area contributed by atoms with Gasteiger partial charge in [0, 0.05) is 39.8 Å². The summed E-state index contributed by atoms with van der Waals surface area (Å²) in [7, 11) is 1.81. The fourth-order valence-corrected chi connectivity index (χ4v) is 2.44. The van der Waals surface area contributed by atoms with Gasteiger partial charge in [-0.15, -0.1) is 0 Å². The number of anilines is 1. The lowest BCUT2D eigenvalue weighted by Gasteiger charge is -2.37. The van der Waals surface area contributed by atoms with Crippen LogP contribution in [0.1, 0.15) is 13.3 Å². The Morgan fingerprint density at radius 3 is 2.55 bits per heavy atom. The van der Waals surface area contributed by atoms with E-state index in [0.717, 1.165) is 45.1 Å². The summed E-state index contributed by atoms with van der Waals surface area (Å²) in [6, 6.07) is 6.97. The standard InChI is InChI=1S/C15H23FN4/c1-3-8-18-15(17-2)20-11-9-19(10-12-20)14-7-5-4-6-13(14)16/h4-7H,3,8-12H2,1-2H3,(H,17,18). The van der Waals surface area contributed by atoms with Crippen molar-refractivity contribution < 1.29 is 4.39 Å². The van der Waals surface area contributed by atoms with Crippen molar-refractivity contribution in [2.75, 3.05) is 44.7 Å². The second kappa shape index (κ2) is 7.12. The van der Waals surface area contributed by atoms with E-state index in [4.69, 9.17) is 0 Å². The van der Waals surface area contributed by atoms with Crippen molar-refractivity contribution in [2.24, 2.45) is 4.99 Å². The average Bonchev–Trinajstić information content (AvgIpc) is 2.49. The minimum absolute atomic E-state index is 0.144. The Balaban J connectivity index is 1.94. The van der Waals surface area contributed by atoms with E-state index in [1.165, 1.54) is 6.07 Å². The molecule has 1 aromatic rings. The van der Waals surface area contributed by atoms with Gasteiger partial charge in [0.05, 0.1) is 5.69 Å². The average molecular weight is 278 g/mol. The number of rotatable bonds is 3. The normalized spacial score (nSPS) is 16.4. The number of hydrogen-bond donors (Lipinski definition) is 1. The van der Waals surface area contributed by atoms with Crippen LogP contribution in [0.3, 0.4) is 0 Å². The summed E-state index contributed by atoms with van der Waals surface area (Å²) in [5, 5.41) is 3.34. The summed E-state index contributed by atoms with van der Waals surface area (Å²) in [6.45, 7) is 6.41. The summed E-state index contributed by atoms with van der Waals surface area (Å²) >= 11 is 0. The first-order valence-corrected chi connectivity index (χ1v) is 7.21. The minimum Gasteiger partial charge on any atom is -0.366 e. The molecular formula is C15H23FN4. The van der Waals surface area contributed by atoms with E-state index in [2.05, 4.69) is 27.0 Å². The van der Waals surface area contributed by atoms with Gasteiger partial charge in [-0.3, -0.25) is 4.99 Å². The summed E-state index contributed by atoms with van der Waals surface area (Å²) in [6.07, 6.45) is 1.08. The fourth-order valence-electron chi connectivity index (χ4n) is 2.44. The number of nitrogens with one attached hydrogen (secondary N) is 1. The third kappa shape index (κ3) is 3.40. The zero-order chi connectivity index (χ0) is 14.4. The molecule has 5 heteroatoms. The maximum absolute atomic E-state index is 13.8. The van der Waals surface area contributed by atoms with E-state index in [1.807, 2.05) is 12.1 Å². The molecule has 1 aliphatic rings. The zero-order valence-electron chi connectivity index (χ0n) is 12.3. The summed E-state index contributed by atoms with van der Waals surface area (Å²) < 4.78 is 13.8. The van der Waals surface area contributed by atoms with Gasteiger partial charge in [0.25, 0.3) is 0 Å². The van der Waals surface area contributed by atoms with E-state index in [9.17, 15) is 4.39 Å². The van der Waals surface area contributed by atoms with E-state index in [1.54, 1.807) is 13.1 Å². The molecule has 1 fully saturated rings. The van der Waals surface area contributed by atoms with Gasteiger partial charge >= 0.3 is 0 Å². The van der Waals surface area contributed by atoms with Crippen LogP contribution >= 0.6 is 0 Å². The number of hydrogen-bond acceptors (Lipinski definition) is 2. The Bertz CT molecular complexity index is 453. The summed E-state index contributed by atoms with van der Waals surface area (Å²) in [5.74, 6) is 0.800. The number of halogens is 1. The van der Waals surface area contributed by atoms with Gasteiger partial charge in [-0.05, 0) is 18.6 Å². The Morgan fingerprint density at radius 1 is 1.25 bits per heavy atom. The van der Waals surface area contributed by atoms with Gasteiger partial charge in [0.1, 0.15) is 5.82 Å². The molecule has 0 aromatic heterocycles. The number of aliphatic imine (C=N–C) groups is 1. The highest BCUT2D eigenvalue weighted by atomic mass is 19.1. The molecule has 0 spiro atoms. The largest absolute Gasteiger partial charge is 0.366 e. The number of piperazine rings is 1. The molecular weight excluding hydrogens is 255 g/mol. The van der Waals surface area contributed by atoms with Crippen molar-refractivity contribution in [1.82, 2.24) is 10.2 Å². The van der Waals surface area contributed by atoms with Crippen molar-refractivity contribution in [3.63, 3.8) is 0 Å². The SMILES string of the molecule is CCCNC(=NC)N1CCN(c2ccccc2F)CC1. The smallest absolute Gasteiger partial charge is 0.193 e. The molecule has 0 amide bonds. The van der Waals surface area contributed by atoms with Crippen molar-refractivity contribution in [2.45, 2.75) is 13.3 Å². The first-order chi connectivity index (χ1) is 9.76. The van der Waals surface area contributed by atoms with E-state index in [-0.39, 0.29) is 5.82 Å². The second-order valence-corrected chi connectivity index (χ2v) is 4.90. The Morgan fingerprint density at radius 2 is 1.95 bits per heavy atom. The molecule has 0 saturated carbocycles. The molecule has 0 unspecified atom stereocenters. The van der Waals surface area contributed by atoms with Crippen molar-refractivity contribution >= 4 is 11.6 Å². The van der Waals surface area contributed by atoms with Gasteiger partial charge in [-0.25, -0.2) is 4.39 Å². The summed E-state index contributed by atoms with van der Waals surface area (Å²) in [5.41, 5.74) is 0.698. The molecule has 1 saturated heterocycles. The van der Waals surface area contributed by atoms with Crippen molar-refractivity contribution in [3.8, 4) is 0 Å². The Labute approximate surface area is 120 Å². The highest BCUT2D eigenvalue weighted by Gasteiger charge is 2.20. The van der Waals surface area contributed by atoms with Crippen LogP contribution in [-0.4, -0.2) is 50.6 Å². The highest BCUT2D eigenvalue weighted by Crippen LogP contribution is 2.20. The molecule has 0 radical (unpaired) electrons. The second-order valence-electron chi connectivity index (χ2n) is 4.90. The van der Waals surface area contributed by atoms with Crippen LogP contribution in [0.5, 0.6) is 0 Å². The summed E-state index contributed by atoms with van der Waals surface area (Å²) in [4.78, 5) is 8.63. The monoisotopic (exact) mass is 278 g/mol. The van der Waals surface area contributed by atoms with Crippen molar-refractivity contribution in [3.05, 3.63) is 30.1 Å². The lowest BCUT2D eigenvalue weighted by atomic mass is 10.2. The van der Waals surface area contributed by atoms with E-state index >= 15 is 0 Å². The molecule has 0 aliphatic carbocycles. The van der Waals surface area contributed by atoms with Crippen LogP contribution in [0.15, 0.2) is 29.3 Å². The van der Waals surface area contributed by atoms with Crippen LogP contribution in [0, 0.1) is 5.82 Å². The van der Waals surface area contributed by atoms with Gasteiger partial charge in [-0.2, -0.15) is 0 Å². The third-order valence-corrected chi connectivity index (χ3v) is 3.52. The maximum Gasteiger partial charge on any atom is 0.193 e. The van der Waals surface area contributed by atoms with E-state index < -0.39 is 0 Å². The van der Waals surface area contributed by atoms with Crippen LogP contribution < -0.4 is 10.2 Å². The lowest BCUT2D eigenvalue weighted by molar-refractivity contribution is 0.371. The quantitative estimate of drug-likeness (QED) is 0.677. The van der Waals surface area contributed by atoms with Crippen LogP contribution in [0.25, 0.3) is 0 Å². The van der Waals surface area contributed by atoms with Crippen LogP contribution in [0.2, 0.25) is 0 Å². The molecule has 0 bridgehead atoms. The molecule has 1 heterocycles. The first-order valence-electron chi connectivity index (χ1n) is 7.21. The fraction of sp³-hybridized carbons (Fsp3) is 0.533. The maximum atomic E-state index is 13.8. The van der Waals surface area contributed by atoms with Gasteiger partial charge in [-0.1, -0.05) is 19.1 Å². The minimum atomic E-state index is -0.144. The molecule has 0 atom stereocenters. The molecule has 110 valence electrons. The predicted molar refractivity (Wildman–Crippen MR) is 81.8 cm³/mol. The molecule has 1 aliphatic heterocycles. The van der Waals surface area contributed by atoms with Crippen molar-refractivity contribution in [1.29, 1.82) is 0 Å². The first kappa shape index (κ1) is 14.6. The number of nitrogens with zero attached hydrogens (tertiary/aromatic N) is 3. The molecule has 20 heavy (non-hydrogen) atoms. The molecule has 2 rings (SSSR count). The van der Waals surface area contributed by atoms with Gasteiger partial charge in [0.2, 0.25) is 0 Å². The number of guanidine groups is 1. The third-order valence-electron chi connectivity index (χ3n) is 3.52. The lowest BCUT2D eigenvalue weighted by Crippen LogP contribution is -2.52. The Hall–Kier alpha value is -1.78. The van der Waals surface area contributed by atoms with Gasteiger partial charge in [0.15, 0.2) is 5.96 Å². The van der Waals surface area contributed by atoms with Crippen LogP contribution in [0.4, 0.5) is 10.1 Å².